The molecule has 0 aliphatic carbocycles. The predicted molar refractivity (Wildman–Crippen MR) is 55.8 cm³/mol. The number of nitrogen functional groups attached to an aromatic ring is 1. The van der Waals surface area contributed by atoms with Crippen LogP contribution in [0.5, 0.6) is 0 Å². The summed E-state index contributed by atoms with van der Waals surface area (Å²) in [5, 5.41) is 9.98. The van der Waals surface area contributed by atoms with Gasteiger partial charge in [0.05, 0.1) is 10.9 Å². The van der Waals surface area contributed by atoms with E-state index < -0.39 is 0 Å². The van der Waals surface area contributed by atoms with Crippen molar-refractivity contribution in [3.05, 3.63) is 30.6 Å². The standard InChI is InChI=1S/C10H8N4/c11-10-9-7-5-12-4-3-6(7)1-2-8(9)13-14-10/h1-5H,(H3,11,13,14). The number of aromatic amines is 1. The second-order valence-electron chi connectivity index (χ2n) is 3.19. The van der Waals surface area contributed by atoms with Crippen LogP contribution in [0.3, 0.4) is 0 Å². The monoisotopic (exact) mass is 184 g/mol. The van der Waals surface area contributed by atoms with Crippen molar-refractivity contribution < 1.29 is 0 Å². The van der Waals surface area contributed by atoms with E-state index in [1.54, 1.807) is 6.20 Å². The van der Waals surface area contributed by atoms with Gasteiger partial charge in [0.15, 0.2) is 0 Å². The summed E-state index contributed by atoms with van der Waals surface area (Å²) in [6.45, 7) is 0. The van der Waals surface area contributed by atoms with Gasteiger partial charge >= 0.3 is 0 Å². The lowest BCUT2D eigenvalue weighted by atomic mass is 10.1. The molecule has 0 fully saturated rings. The molecule has 68 valence electrons. The normalized spacial score (nSPS) is 11.1. The Bertz CT molecular complexity index is 612. The molecule has 0 saturated heterocycles. The molecule has 1 aromatic carbocycles. The smallest absolute Gasteiger partial charge is 0.127 e. The van der Waals surface area contributed by atoms with Gasteiger partial charge in [-0.1, -0.05) is 6.07 Å². The molecule has 0 radical (unpaired) electrons. The van der Waals surface area contributed by atoms with Crippen molar-refractivity contribution in [1.82, 2.24) is 15.2 Å². The Kier molecular flexibility index (Phi) is 1.28. The van der Waals surface area contributed by atoms with Crippen molar-refractivity contribution in [2.45, 2.75) is 0 Å². The number of benzene rings is 1. The second kappa shape index (κ2) is 2.45. The van der Waals surface area contributed by atoms with Crippen molar-refractivity contribution in [1.29, 1.82) is 0 Å². The first-order chi connectivity index (χ1) is 6.86. The Morgan fingerprint density at radius 1 is 1.21 bits per heavy atom. The van der Waals surface area contributed by atoms with Gasteiger partial charge in [0, 0.05) is 17.8 Å². The van der Waals surface area contributed by atoms with Crippen LogP contribution in [-0.4, -0.2) is 15.2 Å². The van der Waals surface area contributed by atoms with Crippen molar-refractivity contribution in [2.75, 3.05) is 5.73 Å². The maximum atomic E-state index is 5.80. The van der Waals surface area contributed by atoms with E-state index >= 15 is 0 Å². The maximum absolute atomic E-state index is 5.80. The van der Waals surface area contributed by atoms with Gasteiger partial charge in [0.2, 0.25) is 0 Å². The minimum atomic E-state index is 0.596. The highest BCUT2D eigenvalue weighted by Gasteiger charge is 2.05. The number of H-pyrrole nitrogens is 1. The minimum Gasteiger partial charge on any atom is -0.384 e. The Balaban J connectivity index is 2.65. The van der Waals surface area contributed by atoms with Gasteiger partial charge in [-0.2, -0.15) is 5.10 Å². The molecule has 3 N–H and O–H groups in total. The molecule has 0 amide bonds. The molecule has 14 heavy (non-hydrogen) atoms. The van der Waals surface area contributed by atoms with E-state index in [9.17, 15) is 0 Å². The molecule has 3 rings (SSSR count). The first kappa shape index (κ1) is 7.32. The van der Waals surface area contributed by atoms with Crippen molar-refractivity contribution in [2.24, 2.45) is 0 Å². The molecule has 2 heterocycles. The van der Waals surface area contributed by atoms with E-state index in [-0.39, 0.29) is 0 Å². The number of fused-ring (bicyclic) bond motifs is 3. The van der Waals surface area contributed by atoms with E-state index in [1.807, 2.05) is 24.4 Å². The SMILES string of the molecule is Nc1[nH]nc2ccc3ccncc3c12. The van der Waals surface area contributed by atoms with Crippen LogP contribution in [0.2, 0.25) is 0 Å². The molecule has 0 aliphatic rings. The lowest BCUT2D eigenvalue weighted by Gasteiger charge is -1.97. The molecule has 0 unspecified atom stereocenters. The number of pyridine rings is 1. The van der Waals surface area contributed by atoms with Crippen LogP contribution < -0.4 is 5.73 Å². The maximum Gasteiger partial charge on any atom is 0.127 e. The summed E-state index contributed by atoms with van der Waals surface area (Å²) >= 11 is 0. The van der Waals surface area contributed by atoms with E-state index in [0.29, 0.717) is 5.82 Å². The van der Waals surface area contributed by atoms with Gasteiger partial charge in [0.1, 0.15) is 5.82 Å². The van der Waals surface area contributed by atoms with Crippen LogP contribution in [0.1, 0.15) is 0 Å². The van der Waals surface area contributed by atoms with E-state index in [0.717, 1.165) is 21.7 Å². The van der Waals surface area contributed by atoms with E-state index in [4.69, 9.17) is 5.73 Å². The number of hydrogen-bond donors (Lipinski definition) is 2. The zero-order valence-corrected chi connectivity index (χ0v) is 7.36. The zero-order chi connectivity index (χ0) is 9.54. The molecule has 3 aromatic rings. The Morgan fingerprint density at radius 2 is 2.14 bits per heavy atom. The number of nitrogens with one attached hydrogen (secondary N) is 1. The van der Waals surface area contributed by atoms with Crippen LogP contribution in [0, 0.1) is 0 Å². The molecule has 0 saturated carbocycles. The van der Waals surface area contributed by atoms with Crippen LogP contribution in [0.4, 0.5) is 5.82 Å². The molecular weight excluding hydrogens is 176 g/mol. The Labute approximate surface area is 79.8 Å². The lowest BCUT2D eigenvalue weighted by Crippen LogP contribution is -1.85. The summed E-state index contributed by atoms with van der Waals surface area (Å²) in [7, 11) is 0. The Hall–Kier alpha value is -2.10. The number of anilines is 1. The average Bonchev–Trinajstić information content (AvgIpc) is 2.61. The number of hydrogen-bond acceptors (Lipinski definition) is 3. The van der Waals surface area contributed by atoms with Crippen molar-refractivity contribution in [3.8, 4) is 0 Å². The van der Waals surface area contributed by atoms with Crippen LogP contribution in [0.25, 0.3) is 21.7 Å². The highest BCUT2D eigenvalue weighted by molar-refractivity contribution is 6.10. The third kappa shape index (κ3) is 0.821. The number of rotatable bonds is 0. The van der Waals surface area contributed by atoms with Gasteiger partial charge in [-0.15, -0.1) is 0 Å². The van der Waals surface area contributed by atoms with Gasteiger partial charge in [-0.3, -0.25) is 10.1 Å². The largest absolute Gasteiger partial charge is 0.384 e. The molecule has 0 atom stereocenters. The summed E-state index contributed by atoms with van der Waals surface area (Å²) in [5.41, 5.74) is 6.67. The fourth-order valence-electron chi connectivity index (χ4n) is 1.70. The molecule has 4 heteroatoms. The lowest BCUT2D eigenvalue weighted by molar-refractivity contribution is 1.13. The summed E-state index contributed by atoms with van der Waals surface area (Å²) in [4.78, 5) is 4.09. The van der Waals surface area contributed by atoms with Gasteiger partial charge in [-0.25, -0.2) is 0 Å². The third-order valence-corrected chi connectivity index (χ3v) is 2.37. The summed E-state index contributed by atoms with van der Waals surface area (Å²) < 4.78 is 0. The number of aromatic nitrogens is 3. The zero-order valence-electron chi connectivity index (χ0n) is 7.36. The topological polar surface area (TPSA) is 67.6 Å². The average molecular weight is 184 g/mol. The molecule has 0 spiro atoms. The summed E-state index contributed by atoms with van der Waals surface area (Å²) in [6, 6.07) is 5.92. The van der Waals surface area contributed by atoms with Gasteiger partial charge in [0.25, 0.3) is 0 Å². The predicted octanol–water partition coefficient (Wildman–Crippen LogP) is 1.69. The van der Waals surface area contributed by atoms with E-state index in [1.165, 1.54) is 0 Å². The minimum absolute atomic E-state index is 0.596. The third-order valence-electron chi connectivity index (χ3n) is 2.37. The molecule has 4 nitrogen and oxygen atoms in total. The molecule has 0 aliphatic heterocycles. The van der Waals surface area contributed by atoms with Crippen LogP contribution in [0.15, 0.2) is 30.6 Å². The molecule has 2 aromatic heterocycles. The quantitative estimate of drug-likeness (QED) is 0.558. The van der Waals surface area contributed by atoms with Crippen molar-refractivity contribution >= 4 is 27.5 Å². The van der Waals surface area contributed by atoms with Gasteiger partial charge < -0.3 is 5.73 Å². The first-order valence-corrected chi connectivity index (χ1v) is 4.32. The van der Waals surface area contributed by atoms with Gasteiger partial charge in [-0.05, 0) is 17.5 Å². The molecular formula is C10H8N4. The fourth-order valence-corrected chi connectivity index (χ4v) is 1.70. The highest BCUT2D eigenvalue weighted by atomic mass is 15.1. The van der Waals surface area contributed by atoms with Crippen LogP contribution in [-0.2, 0) is 0 Å². The Morgan fingerprint density at radius 3 is 3.07 bits per heavy atom. The number of nitrogens with zero attached hydrogens (tertiary/aromatic N) is 2. The molecule has 0 bridgehead atoms. The van der Waals surface area contributed by atoms with Crippen LogP contribution >= 0.6 is 0 Å². The fraction of sp³-hybridized carbons (Fsp3) is 0. The summed E-state index contributed by atoms with van der Waals surface area (Å²) in [5.74, 6) is 0.596. The first-order valence-electron chi connectivity index (χ1n) is 4.32. The highest BCUT2D eigenvalue weighted by Crippen LogP contribution is 2.26. The van der Waals surface area contributed by atoms with Crippen molar-refractivity contribution in [3.63, 3.8) is 0 Å². The summed E-state index contributed by atoms with van der Waals surface area (Å²) in [6.07, 6.45) is 3.58. The number of nitrogens with two attached hydrogens (primary N) is 1. The second-order valence-corrected chi connectivity index (χ2v) is 3.19. The van der Waals surface area contributed by atoms with E-state index in [2.05, 4.69) is 15.2 Å².